The molecule has 1 unspecified atom stereocenters. The van der Waals surface area contributed by atoms with Crippen molar-refractivity contribution in [3.8, 4) is 6.07 Å². The summed E-state index contributed by atoms with van der Waals surface area (Å²) in [5.74, 6) is 0.844. The van der Waals surface area contributed by atoms with Crippen molar-refractivity contribution in [3.63, 3.8) is 0 Å². The molecule has 1 aromatic carbocycles. The summed E-state index contributed by atoms with van der Waals surface area (Å²) in [5, 5.41) is 9.86. The normalized spacial score (nSPS) is 12.6. The van der Waals surface area contributed by atoms with Crippen molar-refractivity contribution in [1.82, 2.24) is 0 Å². The van der Waals surface area contributed by atoms with Crippen molar-refractivity contribution in [2.24, 2.45) is 0 Å². The minimum Gasteiger partial charge on any atom is -0.461 e. The van der Waals surface area contributed by atoms with Crippen LogP contribution < -0.4 is 0 Å². The molecule has 0 saturated carbocycles. The molecular weight excluding hydrogens is 174 g/mol. The fourth-order valence-electron chi connectivity index (χ4n) is 1.54. The number of aryl methyl sites for hydroxylation is 1. The van der Waals surface area contributed by atoms with Gasteiger partial charge in [0, 0.05) is 5.39 Å². The average Bonchev–Trinajstić information content (AvgIpc) is 2.55. The summed E-state index contributed by atoms with van der Waals surface area (Å²) >= 11 is 0. The maximum atomic E-state index is 8.79. The number of hydrogen-bond acceptors (Lipinski definition) is 2. The van der Waals surface area contributed by atoms with Gasteiger partial charge in [-0.15, -0.1) is 0 Å². The molecule has 0 spiro atoms. The molecule has 2 rings (SSSR count). The zero-order valence-corrected chi connectivity index (χ0v) is 8.24. The molecule has 0 saturated heterocycles. The van der Waals surface area contributed by atoms with E-state index < -0.39 is 0 Å². The number of nitrogens with zero attached hydrogens (tertiary/aromatic N) is 1. The highest BCUT2D eigenvalue weighted by Gasteiger charge is 2.06. The Bertz CT molecular complexity index is 505. The fraction of sp³-hybridized carbons (Fsp3) is 0.250. The Balaban J connectivity index is 2.57. The lowest BCUT2D eigenvalue weighted by Gasteiger charge is -2.01. The zero-order valence-electron chi connectivity index (χ0n) is 8.24. The van der Waals surface area contributed by atoms with Crippen LogP contribution >= 0.6 is 0 Å². The van der Waals surface area contributed by atoms with Gasteiger partial charge in [0.05, 0.1) is 12.0 Å². The molecule has 0 aliphatic heterocycles. The van der Waals surface area contributed by atoms with Crippen LogP contribution in [0.5, 0.6) is 0 Å². The van der Waals surface area contributed by atoms with Gasteiger partial charge in [0.15, 0.2) is 0 Å². The lowest BCUT2D eigenvalue weighted by atomic mass is 10.0. The second-order valence-corrected chi connectivity index (χ2v) is 3.51. The second kappa shape index (κ2) is 3.19. The number of benzene rings is 1. The summed E-state index contributed by atoms with van der Waals surface area (Å²) in [5.41, 5.74) is 1.93. The van der Waals surface area contributed by atoms with Crippen LogP contribution in [0, 0.1) is 18.3 Å². The molecule has 0 aliphatic rings. The van der Waals surface area contributed by atoms with E-state index in [4.69, 9.17) is 9.68 Å². The van der Waals surface area contributed by atoms with Crippen LogP contribution in [0.1, 0.15) is 24.2 Å². The van der Waals surface area contributed by atoms with Crippen LogP contribution in [-0.2, 0) is 0 Å². The van der Waals surface area contributed by atoms with E-state index in [1.54, 1.807) is 0 Å². The van der Waals surface area contributed by atoms with Crippen LogP contribution in [-0.4, -0.2) is 0 Å². The molecule has 0 fully saturated rings. The molecule has 1 heterocycles. The maximum Gasteiger partial charge on any atom is 0.134 e. The summed E-state index contributed by atoms with van der Waals surface area (Å²) in [6.45, 7) is 3.82. The Kier molecular flexibility index (Phi) is 2.01. The Labute approximate surface area is 82.8 Å². The highest BCUT2D eigenvalue weighted by atomic mass is 16.3. The van der Waals surface area contributed by atoms with Gasteiger partial charge in [0.2, 0.25) is 0 Å². The minimum atomic E-state index is -0.0605. The largest absolute Gasteiger partial charge is 0.461 e. The molecule has 14 heavy (non-hydrogen) atoms. The van der Waals surface area contributed by atoms with Crippen LogP contribution in [0.2, 0.25) is 0 Å². The monoisotopic (exact) mass is 185 g/mol. The van der Waals surface area contributed by atoms with E-state index in [-0.39, 0.29) is 5.92 Å². The van der Waals surface area contributed by atoms with Gasteiger partial charge in [0.1, 0.15) is 11.3 Å². The number of nitriles is 1. The third-order valence-corrected chi connectivity index (χ3v) is 2.36. The standard InChI is InChI=1S/C12H11NO/c1-8(7-13)10-3-4-12-11(6-10)5-9(2)14-12/h3-6,8H,1-2H3. The molecule has 2 aromatic rings. The van der Waals surface area contributed by atoms with Gasteiger partial charge in [-0.1, -0.05) is 6.07 Å². The molecule has 0 N–H and O–H groups in total. The third-order valence-electron chi connectivity index (χ3n) is 2.36. The first-order valence-electron chi connectivity index (χ1n) is 4.60. The van der Waals surface area contributed by atoms with Crippen LogP contribution in [0.4, 0.5) is 0 Å². The molecular formula is C12H11NO. The molecule has 0 radical (unpaired) electrons. The first-order chi connectivity index (χ1) is 6.70. The first-order valence-corrected chi connectivity index (χ1v) is 4.60. The molecule has 0 bridgehead atoms. The Hall–Kier alpha value is -1.75. The van der Waals surface area contributed by atoms with Gasteiger partial charge in [0.25, 0.3) is 0 Å². The maximum absolute atomic E-state index is 8.79. The molecule has 70 valence electrons. The average molecular weight is 185 g/mol. The number of hydrogen-bond donors (Lipinski definition) is 0. The molecule has 1 atom stereocenters. The predicted molar refractivity (Wildman–Crippen MR) is 55.0 cm³/mol. The van der Waals surface area contributed by atoms with Crippen LogP contribution in [0.25, 0.3) is 11.0 Å². The summed E-state index contributed by atoms with van der Waals surface area (Å²) < 4.78 is 5.45. The summed E-state index contributed by atoms with van der Waals surface area (Å²) in [4.78, 5) is 0. The first kappa shape index (κ1) is 8.83. The van der Waals surface area contributed by atoms with Crippen molar-refractivity contribution >= 4 is 11.0 Å². The van der Waals surface area contributed by atoms with Crippen molar-refractivity contribution in [1.29, 1.82) is 5.26 Å². The quantitative estimate of drug-likeness (QED) is 0.683. The predicted octanol–water partition coefficient (Wildman–Crippen LogP) is 3.37. The summed E-state index contributed by atoms with van der Waals surface area (Å²) in [6, 6.07) is 10.1. The van der Waals surface area contributed by atoms with E-state index in [9.17, 15) is 0 Å². The lowest BCUT2D eigenvalue weighted by molar-refractivity contribution is 0.578. The van der Waals surface area contributed by atoms with Crippen LogP contribution in [0.15, 0.2) is 28.7 Å². The molecule has 0 amide bonds. The minimum absolute atomic E-state index is 0.0605. The molecule has 2 heteroatoms. The van der Waals surface area contributed by atoms with Gasteiger partial charge in [-0.2, -0.15) is 5.26 Å². The number of rotatable bonds is 1. The summed E-state index contributed by atoms with van der Waals surface area (Å²) in [7, 11) is 0. The van der Waals surface area contributed by atoms with Gasteiger partial charge in [-0.3, -0.25) is 0 Å². The lowest BCUT2D eigenvalue weighted by Crippen LogP contribution is -1.87. The van der Waals surface area contributed by atoms with E-state index in [2.05, 4.69) is 6.07 Å². The van der Waals surface area contributed by atoms with Gasteiger partial charge in [-0.25, -0.2) is 0 Å². The van der Waals surface area contributed by atoms with Crippen LogP contribution in [0.3, 0.4) is 0 Å². The molecule has 1 aromatic heterocycles. The fourth-order valence-corrected chi connectivity index (χ4v) is 1.54. The van der Waals surface area contributed by atoms with E-state index in [1.165, 1.54) is 0 Å². The van der Waals surface area contributed by atoms with E-state index in [0.717, 1.165) is 22.3 Å². The van der Waals surface area contributed by atoms with Crippen molar-refractivity contribution in [3.05, 3.63) is 35.6 Å². The highest BCUT2D eigenvalue weighted by molar-refractivity contribution is 5.78. The zero-order chi connectivity index (χ0) is 10.1. The topological polar surface area (TPSA) is 36.9 Å². The van der Waals surface area contributed by atoms with E-state index >= 15 is 0 Å². The van der Waals surface area contributed by atoms with E-state index in [1.807, 2.05) is 38.1 Å². The van der Waals surface area contributed by atoms with Crippen molar-refractivity contribution in [2.45, 2.75) is 19.8 Å². The molecule has 0 aliphatic carbocycles. The van der Waals surface area contributed by atoms with Crippen molar-refractivity contribution in [2.75, 3.05) is 0 Å². The Morgan fingerprint density at radius 3 is 2.86 bits per heavy atom. The number of furan rings is 1. The van der Waals surface area contributed by atoms with Gasteiger partial charge >= 0.3 is 0 Å². The Morgan fingerprint density at radius 2 is 2.14 bits per heavy atom. The number of fused-ring (bicyclic) bond motifs is 1. The second-order valence-electron chi connectivity index (χ2n) is 3.51. The Morgan fingerprint density at radius 1 is 1.36 bits per heavy atom. The van der Waals surface area contributed by atoms with Gasteiger partial charge < -0.3 is 4.42 Å². The smallest absolute Gasteiger partial charge is 0.134 e. The SMILES string of the molecule is Cc1cc2cc(C(C)C#N)ccc2o1. The molecule has 2 nitrogen and oxygen atoms in total. The van der Waals surface area contributed by atoms with E-state index in [0.29, 0.717) is 0 Å². The summed E-state index contributed by atoms with van der Waals surface area (Å²) in [6.07, 6.45) is 0. The van der Waals surface area contributed by atoms with Crippen molar-refractivity contribution < 1.29 is 4.42 Å². The van der Waals surface area contributed by atoms with Gasteiger partial charge in [-0.05, 0) is 37.6 Å². The third kappa shape index (κ3) is 1.38. The highest BCUT2D eigenvalue weighted by Crippen LogP contribution is 2.23.